The Labute approximate surface area is 145 Å². The van der Waals surface area contributed by atoms with Crippen molar-refractivity contribution in [2.24, 2.45) is 14.1 Å². The number of aliphatic hydroxyl groups excluding tert-OH is 1. The maximum atomic E-state index is 14.1. The van der Waals surface area contributed by atoms with E-state index >= 15 is 0 Å². The van der Waals surface area contributed by atoms with Gasteiger partial charge in [-0.15, -0.1) is 0 Å². The summed E-state index contributed by atoms with van der Waals surface area (Å²) >= 11 is 0. The Morgan fingerprint density at radius 1 is 1.19 bits per heavy atom. The smallest absolute Gasteiger partial charge is 0.332 e. The van der Waals surface area contributed by atoms with Crippen molar-refractivity contribution >= 4 is 17.1 Å². The van der Waals surface area contributed by atoms with Gasteiger partial charge in [0.05, 0.1) is 13.2 Å². The van der Waals surface area contributed by atoms with Crippen LogP contribution in [0, 0.1) is 11.6 Å². The summed E-state index contributed by atoms with van der Waals surface area (Å²) in [6, 6.07) is 3.03. The normalized spacial score (nSPS) is 11.3. The van der Waals surface area contributed by atoms with Crippen LogP contribution in [0.3, 0.4) is 0 Å². The van der Waals surface area contributed by atoms with Gasteiger partial charge in [-0.05, 0) is 18.2 Å². The summed E-state index contributed by atoms with van der Waals surface area (Å²) in [6.07, 6.45) is 0. The Balaban J connectivity index is 2.29. The van der Waals surface area contributed by atoms with Crippen LogP contribution in [0.2, 0.25) is 0 Å². The number of rotatable bonds is 5. The Hall–Kier alpha value is -3.01. The Bertz CT molecular complexity index is 1100. The van der Waals surface area contributed by atoms with Crippen LogP contribution in [0.15, 0.2) is 27.8 Å². The summed E-state index contributed by atoms with van der Waals surface area (Å²) in [5.41, 5.74) is -0.969. The zero-order chi connectivity index (χ0) is 19.0. The van der Waals surface area contributed by atoms with E-state index in [-0.39, 0.29) is 42.4 Å². The number of aliphatic hydroxyl groups is 1. The van der Waals surface area contributed by atoms with Crippen LogP contribution in [0.4, 0.5) is 14.7 Å². The minimum Gasteiger partial charge on any atom is -0.395 e. The number of aromatic nitrogens is 4. The van der Waals surface area contributed by atoms with Crippen LogP contribution in [-0.2, 0) is 20.6 Å². The summed E-state index contributed by atoms with van der Waals surface area (Å²) in [7, 11) is 2.78. The van der Waals surface area contributed by atoms with Crippen molar-refractivity contribution in [1.82, 2.24) is 18.7 Å². The number of hydrogen-bond acceptors (Lipinski definition) is 5. The molecular weight excluding hydrogens is 348 g/mol. The van der Waals surface area contributed by atoms with Crippen molar-refractivity contribution in [1.29, 1.82) is 0 Å². The number of nitrogens with zero attached hydrogens (tertiary/aromatic N) is 4. The van der Waals surface area contributed by atoms with E-state index in [2.05, 4.69) is 10.3 Å². The molecule has 138 valence electrons. The summed E-state index contributed by atoms with van der Waals surface area (Å²) < 4.78 is 31.0. The molecule has 0 atom stereocenters. The highest BCUT2D eigenvalue weighted by atomic mass is 19.1. The number of hydrogen-bond donors (Lipinski definition) is 2. The first-order valence-corrected chi connectivity index (χ1v) is 7.80. The van der Waals surface area contributed by atoms with Crippen LogP contribution >= 0.6 is 0 Å². The van der Waals surface area contributed by atoms with Crippen molar-refractivity contribution in [2.45, 2.75) is 6.54 Å². The topological polar surface area (TPSA) is 94.1 Å². The second kappa shape index (κ2) is 6.71. The van der Waals surface area contributed by atoms with E-state index in [1.165, 1.54) is 23.2 Å². The number of imidazole rings is 1. The van der Waals surface area contributed by atoms with Gasteiger partial charge in [-0.25, -0.2) is 13.6 Å². The zero-order valence-corrected chi connectivity index (χ0v) is 14.2. The van der Waals surface area contributed by atoms with Gasteiger partial charge in [0, 0.05) is 26.2 Å². The second-order valence-electron chi connectivity index (χ2n) is 5.79. The molecule has 0 aliphatic rings. The van der Waals surface area contributed by atoms with Gasteiger partial charge < -0.3 is 10.4 Å². The fraction of sp³-hybridized carbons (Fsp3) is 0.312. The van der Waals surface area contributed by atoms with Crippen LogP contribution in [0.25, 0.3) is 11.2 Å². The molecule has 2 N–H and O–H groups in total. The molecule has 8 nitrogen and oxygen atoms in total. The van der Waals surface area contributed by atoms with Gasteiger partial charge in [-0.2, -0.15) is 4.98 Å². The summed E-state index contributed by atoms with van der Waals surface area (Å²) in [6.45, 7) is -0.251. The largest absolute Gasteiger partial charge is 0.395 e. The molecule has 0 saturated heterocycles. The van der Waals surface area contributed by atoms with Crippen molar-refractivity contribution in [2.75, 3.05) is 18.5 Å². The van der Waals surface area contributed by atoms with E-state index in [0.717, 1.165) is 22.8 Å². The van der Waals surface area contributed by atoms with Crippen LogP contribution < -0.4 is 16.6 Å². The number of benzene rings is 1. The van der Waals surface area contributed by atoms with Crippen LogP contribution in [-0.4, -0.2) is 36.9 Å². The van der Waals surface area contributed by atoms with E-state index in [4.69, 9.17) is 5.11 Å². The maximum absolute atomic E-state index is 14.1. The first-order chi connectivity index (χ1) is 12.3. The summed E-state index contributed by atoms with van der Waals surface area (Å²) in [5.74, 6) is -1.09. The highest BCUT2D eigenvalue weighted by Crippen LogP contribution is 2.19. The molecular formula is C16H17F2N5O3. The monoisotopic (exact) mass is 365 g/mol. The van der Waals surface area contributed by atoms with Gasteiger partial charge in [0.25, 0.3) is 5.56 Å². The first-order valence-electron chi connectivity index (χ1n) is 7.80. The van der Waals surface area contributed by atoms with Gasteiger partial charge in [0.2, 0.25) is 5.95 Å². The van der Waals surface area contributed by atoms with E-state index in [1.807, 2.05) is 0 Å². The molecule has 0 aliphatic heterocycles. The molecule has 2 heterocycles. The standard InChI is InChI=1S/C16H17F2N5O3/c1-21-13-12(14(25)22(2)16(21)26)23(15(20-13)19-5-6-24)8-9-7-10(17)3-4-11(9)18/h3-4,7,24H,5-6,8H2,1-2H3,(H,19,20). The predicted octanol–water partition coefficient (Wildman–Crippen LogP) is 0.164. The average molecular weight is 365 g/mol. The van der Waals surface area contributed by atoms with Gasteiger partial charge in [0.15, 0.2) is 11.2 Å². The minimum atomic E-state index is -0.636. The number of fused-ring (bicyclic) bond motifs is 1. The van der Waals surface area contributed by atoms with Crippen molar-refractivity contribution in [3.05, 3.63) is 56.2 Å². The molecule has 0 aliphatic carbocycles. The maximum Gasteiger partial charge on any atom is 0.332 e. The Kier molecular flexibility index (Phi) is 4.60. The lowest BCUT2D eigenvalue weighted by atomic mass is 10.2. The minimum absolute atomic E-state index is 0.0206. The third kappa shape index (κ3) is 2.88. The molecule has 10 heteroatoms. The van der Waals surface area contributed by atoms with Crippen molar-refractivity contribution < 1.29 is 13.9 Å². The number of nitrogens with one attached hydrogen (secondary N) is 1. The molecule has 0 bridgehead atoms. The van der Waals surface area contributed by atoms with Crippen molar-refractivity contribution in [3.8, 4) is 0 Å². The number of anilines is 1. The molecule has 0 saturated carbocycles. The molecule has 0 unspecified atom stereocenters. The number of halogens is 2. The molecule has 3 rings (SSSR count). The quantitative estimate of drug-likeness (QED) is 0.672. The van der Waals surface area contributed by atoms with E-state index in [1.54, 1.807) is 0 Å². The molecule has 0 spiro atoms. The Morgan fingerprint density at radius 3 is 2.62 bits per heavy atom. The molecule has 2 aromatic heterocycles. The second-order valence-corrected chi connectivity index (χ2v) is 5.79. The fourth-order valence-corrected chi connectivity index (χ4v) is 2.74. The number of aryl methyl sites for hydroxylation is 1. The lowest BCUT2D eigenvalue weighted by molar-refractivity contribution is 0.310. The zero-order valence-electron chi connectivity index (χ0n) is 14.2. The molecule has 0 radical (unpaired) electrons. The average Bonchev–Trinajstić information content (AvgIpc) is 2.98. The summed E-state index contributed by atoms with van der Waals surface area (Å²) in [4.78, 5) is 28.9. The van der Waals surface area contributed by atoms with Gasteiger partial charge in [-0.1, -0.05) is 0 Å². The lowest BCUT2D eigenvalue weighted by Gasteiger charge is -2.11. The first kappa shape index (κ1) is 17.8. The highest BCUT2D eigenvalue weighted by Gasteiger charge is 2.20. The molecule has 0 fully saturated rings. The highest BCUT2D eigenvalue weighted by molar-refractivity contribution is 5.74. The van der Waals surface area contributed by atoms with Crippen LogP contribution in [0.1, 0.15) is 5.56 Å². The van der Waals surface area contributed by atoms with E-state index in [0.29, 0.717) is 0 Å². The third-order valence-electron chi connectivity index (χ3n) is 4.08. The Morgan fingerprint density at radius 2 is 1.92 bits per heavy atom. The SMILES string of the molecule is Cn1c(=O)c2c(nc(NCCO)n2Cc2cc(F)ccc2F)n(C)c1=O. The van der Waals surface area contributed by atoms with E-state index < -0.39 is 22.9 Å². The van der Waals surface area contributed by atoms with E-state index in [9.17, 15) is 18.4 Å². The predicted molar refractivity (Wildman–Crippen MR) is 91.3 cm³/mol. The molecule has 0 amide bonds. The van der Waals surface area contributed by atoms with Gasteiger partial charge >= 0.3 is 5.69 Å². The summed E-state index contributed by atoms with van der Waals surface area (Å²) in [5, 5.41) is 11.9. The van der Waals surface area contributed by atoms with Crippen LogP contribution in [0.5, 0.6) is 0 Å². The van der Waals surface area contributed by atoms with Crippen molar-refractivity contribution in [3.63, 3.8) is 0 Å². The van der Waals surface area contributed by atoms with Gasteiger partial charge in [0.1, 0.15) is 11.6 Å². The third-order valence-corrected chi connectivity index (χ3v) is 4.08. The molecule has 3 aromatic rings. The van der Waals surface area contributed by atoms with Gasteiger partial charge in [-0.3, -0.25) is 18.5 Å². The fourth-order valence-electron chi connectivity index (χ4n) is 2.74. The molecule has 26 heavy (non-hydrogen) atoms. The lowest BCUT2D eigenvalue weighted by Crippen LogP contribution is -2.37. The molecule has 1 aromatic carbocycles.